The first kappa shape index (κ1) is 22.1. The molecular weight excluding hydrogens is 416 g/mol. The second-order valence-electron chi connectivity index (χ2n) is 10.1. The fourth-order valence-corrected chi connectivity index (χ4v) is 5.37. The lowest BCUT2D eigenvalue weighted by Crippen LogP contribution is -2.54. The van der Waals surface area contributed by atoms with Crippen molar-refractivity contribution in [1.82, 2.24) is 15.4 Å². The van der Waals surface area contributed by atoms with E-state index in [2.05, 4.69) is 27.5 Å². The number of nitrogens with one attached hydrogen (secondary N) is 1. The van der Waals surface area contributed by atoms with E-state index in [0.29, 0.717) is 18.2 Å². The lowest BCUT2D eigenvalue weighted by atomic mass is 9.84. The van der Waals surface area contributed by atoms with Gasteiger partial charge in [-0.2, -0.15) is 0 Å². The average Bonchev–Trinajstić information content (AvgIpc) is 3.56. The molecule has 0 spiro atoms. The SMILES string of the molecule is N[C@H]1CC[C@H](C(=O)N2CC[C@H](NC(=O)c3cc(C4CC4)on3)C[C@H]2Cc2ccccc2)CC1. The summed E-state index contributed by atoms with van der Waals surface area (Å²) < 4.78 is 5.35. The van der Waals surface area contributed by atoms with Crippen molar-refractivity contribution < 1.29 is 14.1 Å². The summed E-state index contributed by atoms with van der Waals surface area (Å²) in [7, 11) is 0. The van der Waals surface area contributed by atoms with Crippen LogP contribution in [0.4, 0.5) is 0 Å². The fraction of sp³-hybridized carbons (Fsp3) is 0.577. The van der Waals surface area contributed by atoms with E-state index < -0.39 is 0 Å². The first-order chi connectivity index (χ1) is 16.1. The highest BCUT2D eigenvalue weighted by Crippen LogP contribution is 2.40. The monoisotopic (exact) mass is 450 g/mol. The molecule has 2 aliphatic carbocycles. The molecule has 0 bridgehead atoms. The van der Waals surface area contributed by atoms with Crippen LogP contribution >= 0.6 is 0 Å². The van der Waals surface area contributed by atoms with E-state index in [0.717, 1.165) is 63.5 Å². The number of rotatable bonds is 6. The molecule has 0 radical (unpaired) electrons. The standard InChI is InChI=1S/C26H34N4O3/c27-20-10-8-19(9-11-20)26(32)30-13-12-21(15-22(30)14-17-4-2-1-3-5-17)28-25(31)23-16-24(33-29-23)18-6-7-18/h1-5,16,18-22H,6-15,27H2,(H,28,31)/t19-,20-,21-,22+/m0/s1. The molecule has 2 heterocycles. The number of likely N-dealkylation sites (tertiary alicyclic amines) is 1. The second kappa shape index (κ2) is 9.67. The summed E-state index contributed by atoms with van der Waals surface area (Å²) in [5.74, 6) is 1.39. The lowest BCUT2D eigenvalue weighted by Gasteiger charge is -2.42. The Hall–Kier alpha value is -2.67. The summed E-state index contributed by atoms with van der Waals surface area (Å²) in [6, 6.07) is 12.4. The predicted octanol–water partition coefficient (Wildman–Crippen LogP) is 3.40. The summed E-state index contributed by atoms with van der Waals surface area (Å²) >= 11 is 0. The Labute approximate surface area is 195 Å². The molecule has 3 N–H and O–H groups in total. The molecule has 176 valence electrons. The fourth-order valence-electron chi connectivity index (χ4n) is 5.37. The zero-order chi connectivity index (χ0) is 22.8. The van der Waals surface area contributed by atoms with Gasteiger partial charge in [0.1, 0.15) is 5.76 Å². The molecule has 2 amide bonds. The minimum Gasteiger partial charge on any atom is -0.360 e. The summed E-state index contributed by atoms with van der Waals surface area (Å²) in [4.78, 5) is 28.3. The molecule has 5 rings (SSSR count). The van der Waals surface area contributed by atoms with Gasteiger partial charge in [0, 0.05) is 42.6 Å². The number of aromatic nitrogens is 1. The van der Waals surface area contributed by atoms with E-state index in [4.69, 9.17) is 10.3 Å². The quantitative estimate of drug-likeness (QED) is 0.702. The number of nitrogens with zero attached hydrogens (tertiary/aromatic N) is 2. The zero-order valence-corrected chi connectivity index (χ0v) is 19.1. The molecule has 1 aromatic heterocycles. The van der Waals surface area contributed by atoms with Gasteiger partial charge in [-0.25, -0.2) is 0 Å². The van der Waals surface area contributed by atoms with Gasteiger partial charge in [0.05, 0.1) is 0 Å². The maximum Gasteiger partial charge on any atom is 0.273 e. The Morgan fingerprint density at radius 1 is 1.06 bits per heavy atom. The molecule has 33 heavy (non-hydrogen) atoms. The molecule has 7 heteroatoms. The van der Waals surface area contributed by atoms with Crippen molar-refractivity contribution in [3.8, 4) is 0 Å². The van der Waals surface area contributed by atoms with Crippen LogP contribution in [0.3, 0.4) is 0 Å². The third-order valence-electron chi connectivity index (χ3n) is 7.51. The van der Waals surface area contributed by atoms with Crippen molar-refractivity contribution in [2.24, 2.45) is 11.7 Å². The summed E-state index contributed by atoms with van der Waals surface area (Å²) in [5.41, 5.74) is 7.63. The van der Waals surface area contributed by atoms with Gasteiger partial charge in [-0.3, -0.25) is 9.59 Å². The van der Waals surface area contributed by atoms with E-state index in [1.165, 1.54) is 5.56 Å². The second-order valence-corrected chi connectivity index (χ2v) is 10.1. The van der Waals surface area contributed by atoms with Crippen LogP contribution in [0.5, 0.6) is 0 Å². The predicted molar refractivity (Wildman–Crippen MR) is 125 cm³/mol. The van der Waals surface area contributed by atoms with Gasteiger partial charge in [0.15, 0.2) is 5.69 Å². The Morgan fingerprint density at radius 2 is 1.82 bits per heavy atom. The van der Waals surface area contributed by atoms with Crippen LogP contribution in [0.15, 0.2) is 40.9 Å². The molecule has 2 atom stereocenters. The maximum absolute atomic E-state index is 13.5. The number of nitrogens with two attached hydrogens (primary N) is 1. The maximum atomic E-state index is 13.5. The number of amides is 2. The Bertz CT molecular complexity index is 963. The highest BCUT2D eigenvalue weighted by molar-refractivity contribution is 5.92. The molecule has 3 aliphatic rings. The van der Waals surface area contributed by atoms with E-state index in [-0.39, 0.29) is 35.9 Å². The van der Waals surface area contributed by atoms with E-state index >= 15 is 0 Å². The van der Waals surface area contributed by atoms with Crippen molar-refractivity contribution in [3.05, 3.63) is 53.4 Å². The normalized spacial score (nSPS) is 27.8. The van der Waals surface area contributed by atoms with Crippen LogP contribution in [-0.4, -0.2) is 46.5 Å². The molecule has 1 aromatic carbocycles. The molecule has 3 fully saturated rings. The highest BCUT2D eigenvalue weighted by Gasteiger charge is 2.37. The van der Waals surface area contributed by atoms with Crippen LogP contribution in [0.2, 0.25) is 0 Å². The molecule has 1 saturated heterocycles. The Morgan fingerprint density at radius 3 is 2.55 bits per heavy atom. The zero-order valence-electron chi connectivity index (χ0n) is 19.1. The first-order valence-corrected chi connectivity index (χ1v) is 12.4. The smallest absolute Gasteiger partial charge is 0.273 e. The third-order valence-corrected chi connectivity index (χ3v) is 7.51. The lowest BCUT2D eigenvalue weighted by molar-refractivity contribution is -0.140. The highest BCUT2D eigenvalue weighted by atomic mass is 16.5. The topological polar surface area (TPSA) is 101 Å². The van der Waals surface area contributed by atoms with Crippen LogP contribution in [0.1, 0.15) is 79.1 Å². The molecule has 7 nitrogen and oxygen atoms in total. The van der Waals surface area contributed by atoms with Crippen LogP contribution < -0.4 is 11.1 Å². The van der Waals surface area contributed by atoms with Crippen molar-refractivity contribution >= 4 is 11.8 Å². The summed E-state index contributed by atoms with van der Waals surface area (Å²) in [5, 5.41) is 7.13. The van der Waals surface area contributed by atoms with Gasteiger partial charge in [-0.15, -0.1) is 0 Å². The van der Waals surface area contributed by atoms with Crippen LogP contribution in [0, 0.1) is 5.92 Å². The van der Waals surface area contributed by atoms with Gasteiger partial charge < -0.3 is 20.5 Å². The van der Waals surface area contributed by atoms with Crippen LogP contribution in [-0.2, 0) is 11.2 Å². The summed E-state index contributed by atoms with van der Waals surface area (Å²) in [6.45, 7) is 0.663. The van der Waals surface area contributed by atoms with Crippen molar-refractivity contribution in [3.63, 3.8) is 0 Å². The van der Waals surface area contributed by atoms with E-state index in [1.807, 2.05) is 18.2 Å². The number of hydrogen-bond donors (Lipinski definition) is 2. The molecule has 0 unspecified atom stereocenters. The minimum absolute atomic E-state index is 0.0103. The van der Waals surface area contributed by atoms with Crippen molar-refractivity contribution in [1.29, 1.82) is 0 Å². The molecular formula is C26H34N4O3. The number of piperidine rings is 1. The third kappa shape index (κ3) is 5.29. The van der Waals surface area contributed by atoms with Crippen molar-refractivity contribution in [2.45, 2.75) is 81.8 Å². The van der Waals surface area contributed by atoms with E-state index in [9.17, 15) is 9.59 Å². The molecule has 2 aromatic rings. The Kier molecular flexibility index (Phi) is 6.49. The minimum atomic E-state index is -0.185. The largest absolute Gasteiger partial charge is 0.360 e. The summed E-state index contributed by atoms with van der Waals surface area (Å²) in [6.07, 6.45) is 8.11. The number of carbonyl (C=O) groups excluding carboxylic acids is 2. The number of hydrogen-bond acceptors (Lipinski definition) is 5. The average molecular weight is 451 g/mol. The number of benzene rings is 1. The van der Waals surface area contributed by atoms with Gasteiger partial charge >= 0.3 is 0 Å². The first-order valence-electron chi connectivity index (χ1n) is 12.4. The van der Waals surface area contributed by atoms with Gasteiger partial charge in [0.25, 0.3) is 5.91 Å². The van der Waals surface area contributed by atoms with Gasteiger partial charge in [0.2, 0.25) is 5.91 Å². The Balaban J connectivity index is 1.26. The van der Waals surface area contributed by atoms with Gasteiger partial charge in [-0.1, -0.05) is 35.5 Å². The molecule has 2 saturated carbocycles. The van der Waals surface area contributed by atoms with Crippen molar-refractivity contribution in [2.75, 3.05) is 6.54 Å². The number of carbonyl (C=O) groups is 2. The van der Waals surface area contributed by atoms with E-state index in [1.54, 1.807) is 6.07 Å². The van der Waals surface area contributed by atoms with Gasteiger partial charge in [-0.05, 0) is 63.4 Å². The molecule has 1 aliphatic heterocycles. The van der Waals surface area contributed by atoms with Crippen LogP contribution in [0.25, 0.3) is 0 Å².